The standard InChI is InChI=1S/C9H19NOSi/c1-8-6-10-5-4-9(11)12(2,3)7-8/h8,10H,4-7H2,1-3H3. The van der Waals surface area contributed by atoms with Crippen LogP contribution in [-0.4, -0.2) is 26.6 Å². The van der Waals surface area contributed by atoms with Crippen LogP contribution in [0.2, 0.25) is 19.1 Å². The molecule has 0 aromatic heterocycles. The van der Waals surface area contributed by atoms with E-state index in [2.05, 4.69) is 25.3 Å². The first kappa shape index (κ1) is 9.93. The molecule has 1 rings (SSSR count). The van der Waals surface area contributed by atoms with Crippen LogP contribution in [0.4, 0.5) is 0 Å². The lowest BCUT2D eigenvalue weighted by molar-refractivity contribution is -0.112. The molecule has 1 saturated heterocycles. The zero-order valence-corrected chi connectivity index (χ0v) is 9.31. The zero-order valence-electron chi connectivity index (χ0n) is 8.31. The van der Waals surface area contributed by atoms with Crippen molar-refractivity contribution >= 4 is 13.5 Å². The molecule has 0 spiro atoms. The maximum atomic E-state index is 11.7. The van der Waals surface area contributed by atoms with E-state index in [1.54, 1.807) is 0 Å². The van der Waals surface area contributed by atoms with Gasteiger partial charge in [0.05, 0.1) is 0 Å². The number of rotatable bonds is 0. The Kier molecular flexibility index (Phi) is 3.07. The maximum absolute atomic E-state index is 11.7. The van der Waals surface area contributed by atoms with Crippen LogP contribution in [0.15, 0.2) is 0 Å². The van der Waals surface area contributed by atoms with Crippen LogP contribution in [0, 0.1) is 5.92 Å². The Bertz CT molecular complexity index is 179. The highest BCUT2D eigenvalue weighted by atomic mass is 28.3. The molecule has 1 fully saturated rings. The van der Waals surface area contributed by atoms with Gasteiger partial charge in [0, 0.05) is 13.0 Å². The number of carbonyl (C=O) groups is 1. The Balaban J connectivity index is 2.63. The van der Waals surface area contributed by atoms with Crippen LogP contribution in [0.1, 0.15) is 13.3 Å². The van der Waals surface area contributed by atoms with Crippen molar-refractivity contribution in [1.29, 1.82) is 0 Å². The van der Waals surface area contributed by atoms with E-state index in [-0.39, 0.29) is 0 Å². The van der Waals surface area contributed by atoms with Crippen LogP contribution in [0.5, 0.6) is 0 Å². The SMILES string of the molecule is CC1CNCCC(=O)[Si](C)(C)C1. The second-order valence-corrected chi connectivity index (χ2v) is 9.30. The fourth-order valence-corrected chi connectivity index (χ4v) is 4.86. The van der Waals surface area contributed by atoms with Crippen molar-refractivity contribution in [2.75, 3.05) is 13.1 Å². The van der Waals surface area contributed by atoms with Gasteiger partial charge in [0.25, 0.3) is 0 Å². The summed E-state index contributed by atoms with van der Waals surface area (Å²) in [5, 5.41) is 3.85. The van der Waals surface area contributed by atoms with Crippen molar-refractivity contribution in [3.63, 3.8) is 0 Å². The van der Waals surface area contributed by atoms with Gasteiger partial charge in [-0.05, 0) is 18.5 Å². The molecule has 1 heterocycles. The molecule has 0 aliphatic carbocycles. The normalized spacial score (nSPS) is 30.9. The van der Waals surface area contributed by atoms with Crippen molar-refractivity contribution < 1.29 is 4.79 Å². The first-order valence-corrected chi connectivity index (χ1v) is 7.97. The Morgan fingerprint density at radius 1 is 1.50 bits per heavy atom. The minimum absolute atomic E-state index is 0.543. The van der Waals surface area contributed by atoms with E-state index in [1.807, 2.05) is 0 Å². The smallest absolute Gasteiger partial charge is 0.127 e. The molecule has 0 bridgehead atoms. The second kappa shape index (κ2) is 3.71. The summed E-state index contributed by atoms with van der Waals surface area (Å²) in [5.41, 5.74) is 0. The van der Waals surface area contributed by atoms with E-state index in [9.17, 15) is 4.79 Å². The van der Waals surface area contributed by atoms with Crippen LogP contribution in [0.25, 0.3) is 0 Å². The van der Waals surface area contributed by atoms with Crippen molar-refractivity contribution in [2.45, 2.75) is 32.5 Å². The molecule has 0 radical (unpaired) electrons. The highest BCUT2D eigenvalue weighted by molar-refractivity contribution is 7.04. The molecule has 0 aromatic carbocycles. The first-order valence-electron chi connectivity index (χ1n) is 4.76. The summed E-state index contributed by atoms with van der Waals surface area (Å²) in [7, 11) is -1.52. The van der Waals surface area contributed by atoms with E-state index in [0.717, 1.165) is 25.6 Å². The molecule has 1 unspecified atom stereocenters. The molecule has 0 amide bonds. The van der Waals surface area contributed by atoms with Crippen molar-refractivity contribution in [1.82, 2.24) is 5.32 Å². The minimum atomic E-state index is -1.52. The zero-order chi connectivity index (χ0) is 9.19. The van der Waals surface area contributed by atoms with Crippen LogP contribution < -0.4 is 5.32 Å². The summed E-state index contributed by atoms with van der Waals surface area (Å²) in [6.45, 7) is 8.62. The molecule has 12 heavy (non-hydrogen) atoms. The Morgan fingerprint density at radius 3 is 2.83 bits per heavy atom. The van der Waals surface area contributed by atoms with Gasteiger partial charge in [-0.1, -0.05) is 20.0 Å². The lowest BCUT2D eigenvalue weighted by atomic mass is 10.2. The lowest BCUT2D eigenvalue weighted by Gasteiger charge is -2.27. The summed E-state index contributed by atoms with van der Waals surface area (Å²) in [6.07, 6.45) is 0.756. The molecule has 1 aliphatic heterocycles. The maximum Gasteiger partial charge on any atom is 0.127 e. The fraction of sp³-hybridized carbons (Fsp3) is 0.889. The van der Waals surface area contributed by atoms with Gasteiger partial charge < -0.3 is 10.1 Å². The Morgan fingerprint density at radius 2 is 2.17 bits per heavy atom. The molecule has 3 heteroatoms. The Hall–Kier alpha value is -0.153. The lowest BCUT2D eigenvalue weighted by Crippen LogP contribution is -2.44. The van der Waals surface area contributed by atoms with E-state index in [1.165, 1.54) is 0 Å². The van der Waals surface area contributed by atoms with Gasteiger partial charge in [-0.2, -0.15) is 0 Å². The van der Waals surface area contributed by atoms with Crippen molar-refractivity contribution in [2.24, 2.45) is 5.92 Å². The summed E-state index contributed by atoms with van der Waals surface area (Å²) in [6, 6.07) is 1.15. The van der Waals surface area contributed by atoms with Crippen LogP contribution in [0.3, 0.4) is 0 Å². The third-order valence-corrected chi connectivity index (χ3v) is 6.11. The van der Waals surface area contributed by atoms with E-state index >= 15 is 0 Å². The number of nitrogens with one attached hydrogen (secondary N) is 1. The average molecular weight is 185 g/mol. The monoisotopic (exact) mass is 185 g/mol. The number of hydrogen-bond donors (Lipinski definition) is 1. The van der Waals surface area contributed by atoms with Gasteiger partial charge in [-0.3, -0.25) is 0 Å². The van der Waals surface area contributed by atoms with Crippen molar-refractivity contribution in [3.05, 3.63) is 0 Å². The topological polar surface area (TPSA) is 29.1 Å². The molecule has 2 nitrogen and oxygen atoms in total. The molecule has 0 saturated carbocycles. The number of carbonyl (C=O) groups excluding carboxylic acids is 1. The molecule has 1 atom stereocenters. The predicted octanol–water partition coefficient (Wildman–Crippen LogP) is 1.43. The summed E-state index contributed by atoms with van der Waals surface area (Å²) >= 11 is 0. The summed E-state index contributed by atoms with van der Waals surface area (Å²) in [4.78, 5) is 11.7. The van der Waals surface area contributed by atoms with Gasteiger partial charge in [-0.15, -0.1) is 0 Å². The van der Waals surface area contributed by atoms with Gasteiger partial charge >= 0.3 is 0 Å². The number of hydrogen-bond acceptors (Lipinski definition) is 2. The third kappa shape index (κ3) is 2.42. The first-order chi connectivity index (χ1) is 5.52. The van der Waals surface area contributed by atoms with Crippen LogP contribution in [-0.2, 0) is 4.79 Å². The summed E-state index contributed by atoms with van der Waals surface area (Å²) in [5.74, 6) is 0.677. The highest BCUT2D eigenvalue weighted by Crippen LogP contribution is 2.20. The Labute approximate surface area is 75.7 Å². The van der Waals surface area contributed by atoms with Gasteiger partial charge in [-0.25, -0.2) is 0 Å². The van der Waals surface area contributed by atoms with Gasteiger partial charge in [0.2, 0.25) is 0 Å². The van der Waals surface area contributed by atoms with E-state index in [0.29, 0.717) is 11.3 Å². The quantitative estimate of drug-likeness (QED) is 0.579. The molecular weight excluding hydrogens is 166 g/mol. The average Bonchev–Trinajstić information content (AvgIpc) is 1.95. The van der Waals surface area contributed by atoms with Crippen molar-refractivity contribution in [3.8, 4) is 0 Å². The molecule has 0 aromatic rings. The predicted molar refractivity (Wildman–Crippen MR) is 53.9 cm³/mol. The minimum Gasteiger partial charge on any atom is -0.316 e. The molecular formula is C9H19NOSi. The molecule has 1 aliphatic rings. The fourth-order valence-electron chi connectivity index (χ4n) is 1.95. The summed E-state index contributed by atoms with van der Waals surface area (Å²) < 4.78 is 0. The molecule has 70 valence electrons. The largest absolute Gasteiger partial charge is 0.316 e. The van der Waals surface area contributed by atoms with Gasteiger partial charge in [0.1, 0.15) is 13.5 Å². The van der Waals surface area contributed by atoms with Crippen LogP contribution >= 0.6 is 0 Å². The van der Waals surface area contributed by atoms with Gasteiger partial charge in [0.15, 0.2) is 0 Å². The second-order valence-electron chi connectivity index (χ2n) is 4.57. The van der Waals surface area contributed by atoms with E-state index < -0.39 is 8.07 Å². The highest BCUT2D eigenvalue weighted by Gasteiger charge is 2.32. The third-order valence-electron chi connectivity index (χ3n) is 2.64. The van der Waals surface area contributed by atoms with E-state index in [4.69, 9.17) is 0 Å². The molecule has 1 N–H and O–H groups in total.